The molecule has 0 aliphatic carbocycles. The average Bonchev–Trinajstić information content (AvgIpc) is 2.78. The summed E-state index contributed by atoms with van der Waals surface area (Å²) in [6, 6.07) is 18.0. The number of amides is 1. The molecular weight excluding hydrogens is 449 g/mol. The summed E-state index contributed by atoms with van der Waals surface area (Å²) in [5.41, 5.74) is 1.35. The van der Waals surface area contributed by atoms with Crippen molar-refractivity contribution in [2.75, 3.05) is 6.54 Å². The minimum absolute atomic E-state index is 0.0449. The number of para-hydroxylation sites is 1. The second kappa shape index (κ2) is 9.06. The first-order valence-electron chi connectivity index (χ1n) is 9.96. The van der Waals surface area contributed by atoms with Gasteiger partial charge >= 0.3 is 0 Å². The number of aromatic amines is 1. The van der Waals surface area contributed by atoms with Crippen LogP contribution in [-0.4, -0.2) is 26.9 Å². The maximum Gasteiger partial charge on any atom is 0.266 e. The van der Waals surface area contributed by atoms with Gasteiger partial charge in [-0.1, -0.05) is 35.9 Å². The quantitative estimate of drug-likeness (QED) is 0.394. The molecule has 1 heterocycles. The third-order valence-electron chi connectivity index (χ3n) is 5.17. The van der Waals surface area contributed by atoms with Gasteiger partial charge in [-0.3, -0.25) is 9.59 Å². The zero-order chi connectivity index (χ0) is 22.8. The number of carbonyl (C=O) groups excluding carboxylic acids is 1. The molecule has 0 atom stereocenters. The van der Waals surface area contributed by atoms with Crippen LogP contribution in [0.2, 0.25) is 5.02 Å². The zero-order valence-corrected chi connectivity index (χ0v) is 18.7. The van der Waals surface area contributed by atoms with Crippen LogP contribution < -0.4 is 5.56 Å². The Balaban J connectivity index is 1.73. The first kappa shape index (κ1) is 21.9. The molecule has 3 aromatic carbocycles. The van der Waals surface area contributed by atoms with E-state index >= 15 is 0 Å². The molecule has 0 aliphatic heterocycles. The first-order chi connectivity index (χ1) is 15.4. The predicted molar refractivity (Wildman–Crippen MR) is 127 cm³/mol. The number of hydrogen-bond acceptors (Lipinski definition) is 3. The maximum atomic E-state index is 14.3. The van der Waals surface area contributed by atoms with Gasteiger partial charge in [-0.15, -0.1) is 0 Å². The Kier molecular flexibility index (Phi) is 6.21. The van der Waals surface area contributed by atoms with Gasteiger partial charge in [0.25, 0.3) is 11.5 Å². The molecule has 162 valence electrons. The van der Waals surface area contributed by atoms with Crippen molar-refractivity contribution in [3.8, 4) is 5.69 Å². The van der Waals surface area contributed by atoms with Crippen molar-refractivity contribution in [2.24, 2.45) is 0 Å². The van der Waals surface area contributed by atoms with Crippen LogP contribution in [0, 0.1) is 10.6 Å². The van der Waals surface area contributed by atoms with Crippen LogP contribution in [0.25, 0.3) is 16.6 Å². The molecule has 0 radical (unpaired) electrons. The topological polar surface area (TPSA) is 58.1 Å². The summed E-state index contributed by atoms with van der Waals surface area (Å²) in [6.45, 7) is 2.79. The van der Waals surface area contributed by atoms with E-state index in [9.17, 15) is 14.0 Å². The van der Waals surface area contributed by atoms with E-state index in [1.807, 2.05) is 25.1 Å². The zero-order valence-electron chi connectivity index (χ0n) is 17.1. The summed E-state index contributed by atoms with van der Waals surface area (Å²) in [5, 5.41) is 0.909. The van der Waals surface area contributed by atoms with Gasteiger partial charge in [0.2, 0.25) is 0 Å². The van der Waals surface area contributed by atoms with Crippen LogP contribution in [-0.2, 0) is 6.54 Å². The number of carbonyl (C=O) groups is 1. The fourth-order valence-corrected chi connectivity index (χ4v) is 4.07. The second-order valence-corrected chi connectivity index (χ2v) is 8.05. The van der Waals surface area contributed by atoms with E-state index < -0.39 is 11.4 Å². The van der Waals surface area contributed by atoms with Crippen LogP contribution in [0.5, 0.6) is 0 Å². The number of nitrogens with one attached hydrogen (secondary N) is 1. The van der Waals surface area contributed by atoms with Crippen molar-refractivity contribution in [1.29, 1.82) is 0 Å². The molecular formula is C24H19ClFN3O2S. The van der Waals surface area contributed by atoms with Gasteiger partial charge in [-0.25, -0.2) is 8.96 Å². The third-order valence-corrected chi connectivity index (χ3v) is 5.69. The number of benzene rings is 3. The monoisotopic (exact) mass is 467 g/mol. The van der Waals surface area contributed by atoms with Crippen LogP contribution >= 0.6 is 23.8 Å². The third kappa shape index (κ3) is 4.22. The number of fused-ring (bicyclic) bond motifs is 1. The molecule has 1 N–H and O–H groups in total. The van der Waals surface area contributed by atoms with Crippen LogP contribution in [0.15, 0.2) is 71.5 Å². The number of H-pyrrole nitrogens is 1. The number of aromatic nitrogens is 2. The Hall–Kier alpha value is -3.29. The van der Waals surface area contributed by atoms with E-state index in [4.69, 9.17) is 23.8 Å². The lowest BCUT2D eigenvalue weighted by atomic mass is 10.1. The van der Waals surface area contributed by atoms with Crippen molar-refractivity contribution < 1.29 is 9.18 Å². The van der Waals surface area contributed by atoms with Crippen molar-refractivity contribution in [3.63, 3.8) is 0 Å². The summed E-state index contributed by atoms with van der Waals surface area (Å²) in [5.74, 6) is -0.744. The van der Waals surface area contributed by atoms with Gasteiger partial charge in [0.1, 0.15) is 5.82 Å². The second-order valence-electron chi connectivity index (χ2n) is 7.23. The molecule has 0 saturated carbocycles. The van der Waals surface area contributed by atoms with Gasteiger partial charge in [-0.05, 0) is 67.2 Å². The Labute approximate surface area is 193 Å². The van der Waals surface area contributed by atoms with Gasteiger partial charge < -0.3 is 9.88 Å². The molecule has 0 saturated heterocycles. The Morgan fingerprint density at radius 3 is 2.62 bits per heavy atom. The average molecular weight is 468 g/mol. The standard InChI is InChI=1S/C24H19ClFN3O2S/c1-2-28(14-15-6-5-7-17(25)12-15)22(30)16-10-11-18-20(13-16)27-24(32)29(23(18)31)21-9-4-3-8-19(21)26/h3-13H,2,14H2,1H3,(H,27,32). The summed E-state index contributed by atoms with van der Waals surface area (Å²) in [4.78, 5) is 30.8. The maximum absolute atomic E-state index is 14.3. The van der Waals surface area contributed by atoms with Crippen molar-refractivity contribution in [1.82, 2.24) is 14.5 Å². The highest BCUT2D eigenvalue weighted by Gasteiger charge is 2.17. The van der Waals surface area contributed by atoms with Crippen LogP contribution in [0.3, 0.4) is 0 Å². The largest absolute Gasteiger partial charge is 0.335 e. The van der Waals surface area contributed by atoms with Gasteiger partial charge in [0.15, 0.2) is 4.77 Å². The number of hydrogen-bond donors (Lipinski definition) is 1. The highest BCUT2D eigenvalue weighted by molar-refractivity contribution is 7.71. The molecule has 32 heavy (non-hydrogen) atoms. The van der Waals surface area contributed by atoms with Crippen LogP contribution in [0.1, 0.15) is 22.8 Å². The first-order valence-corrected chi connectivity index (χ1v) is 10.8. The SMILES string of the molecule is CCN(Cc1cccc(Cl)c1)C(=O)c1ccc2c(=O)n(-c3ccccc3F)c(=S)[nH]c2c1. The molecule has 0 bridgehead atoms. The molecule has 1 aromatic heterocycles. The lowest BCUT2D eigenvalue weighted by Crippen LogP contribution is -2.30. The van der Waals surface area contributed by atoms with Crippen molar-refractivity contribution in [3.05, 3.63) is 104 Å². The summed E-state index contributed by atoms with van der Waals surface area (Å²) >= 11 is 11.4. The Morgan fingerprint density at radius 1 is 1.12 bits per heavy atom. The van der Waals surface area contributed by atoms with E-state index in [1.54, 1.807) is 41.3 Å². The van der Waals surface area contributed by atoms with Crippen molar-refractivity contribution >= 4 is 40.6 Å². The molecule has 0 fully saturated rings. The normalized spacial score (nSPS) is 11.0. The van der Waals surface area contributed by atoms with Crippen molar-refractivity contribution in [2.45, 2.75) is 13.5 Å². The Bertz CT molecular complexity index is 1450. The highest BCUT2D eigenvalue weighted by atomic mass is 35.5. The molecule has 1 amide bonds. The van der Waals surface area contributed by atoms with Gasteiger partial charge in [0, 0.05) is 23.7 Å². The Morgan fingerprint density at radius 2 is 1.91 bits per heavy atom. The van der Waals surface area contributed by atoms with Gasteiger partial charge in [0.05, 0.1) is 16.6 Å². The fraction of sp³-hybridized carbons (Fsp3) is 0.125. The molecule has 4 rings (SSSR count). The minimum Gasteiger partial charge on any atom is -0.335 e. The smallest absolute Gasteiger partial charge is 0.266 e. The summed E-state index contributed by atoms with van der Waals surface area (Å²) in [6.07, 6.45) is 0. The predicted octanol–water partition coefficient (Wildman–Crippen LogP) is 5.50. The van der Waals surface area contributed by atoms with E-state index in [-0.39, 0.29) is 16.4 Å². The molecule has 4 aromatic rings. The van der Waals surface area contributed by atoms with E-state index in [0.29, 0.717) is 34.6 Å². The van der Waals surface area contributed by atoms with Crippen LogP contribution in [0.4, 0.5) is 4.39 Å². The lowest BCUT2D eigenvalue weighted by Gasteiger charge is -2.21. The van der Waals surface area contributed by atoms with Gasteiger partial charge in [-0.2, -0.15) is 0 Å². The molecule has 0 unspecified atom stereocenters. The van der Waals surface area contributed by atoms with E-state index in [1.165, 1.54) is 12.1 Å². The number of nitrogens with zero attached hydrogens (tertiary/aromatic N) is 2. The molecule has 5 nitrogen and oxygen atoms in total. The van der Waals surface area contributed by atoms with E-state index in [0.717, 1.165) is 10.1 Å². The molecule has 0 spiro atoms. The van der Waals surface area contributed by atoms with E-state index in [2.05, 4.69) is 4.98 Å². The lowest BCUT2D eigenvalue weighted by molar-refractivity contribution is 0.0752. The minimum atomic E-state index is -0.556. The summed E-state index contributed by atoms with van der Waals surface area (Å²) in [7, 11) is 0. The number of halogens is 2. The number of rotatable bonds is 5. The molecule has 0 aliphatic rings. The summed E-state index contributed by atoms with van der Waals surface area (Å²) < 4.78 is 15.4. The highest BCUT2D eigenvalue weighted by Crippen LogP contribution is 2.18. The fourth-order valence-electron chi connectivity index (χ4n) is 3.57. The molecule has 8 heteroatoms.